The fourth-order valence-corrected chi connectivity index (χ4v) is 3.78. The van der Waals surface area contributed by atoms with E-state index in [9.17, 15) is 0 Å². The molecule has 0 bridgehead atoms. The standard InChI is InChI=1S/C21H22N2/c1-15-6-4-11-19(16-7-2-3-8-16)20(15)23-14-18-10-5-9-17-12-13-22-21(17)18/h4-6,9-14,16,22H,2-3,7-8H2,1H3. The third kappa shape index (κ3) is 2.70. The molecule has 23 heavy (non-hydrogen) atoms. The van der Waals surface area contributed by atoms with Gasteiger partial charge in [-0.3, -0.25) is 4.99 Å². The van der Waals surface area contributed by atoms with Crippen LogP contribution in [0, 0.1) is 6.92 Å². The van der Waals surface area contributed by atoms with Gasteiger partial charge in [0, 0.05) is 23.4 Å². The quantitative estimate of drug-likeness (QED) is 0.585. The van der Waals surface area contributed by atoms with Crippen LogP contribution in [0.4, 0.5) is 5.69 Å². The molecular formula is C21H22N2. The number of fused-ring (bicyclic) bond motifs is 1. The summed E-state index contributed by atoms with van der Waals surface area (Å²) in [5, 5.41) is 1.23. The number of para-hydroxylation sites is 2. The van der Waals surface area contributed by atoms with E-state index in [1.165, 1.54) is 47.9 Å². The van der Waals surface area contributed by atoms with Crippen LogP contribution in [0.2, 0.25) is 0 Å². The largest absolute Gasteiger partial charge is 0.361 e. The number of nitrogens with zero attached hydrogens (tertiary/aromatic N) is 1. The van der Waals surface area contributed by atoms with Crippen LogP contribution in [0.5, 0.6) is 0 Å². The molecule has 0 atom stereocenters. The Balaban J connectivity index is 1.75. The first kappa shape index (κ1) is 14.3. The topological polar surface area (TPSA) is 28.1 Å². The highest BCUT2D eigenvalue weighted by atomic mass is 14.7. The zero-order valence-electron chi connectivity index (χ0n) is 13.5. The van der Waals surface area contributed by atoms with E-state index in [-0.39, 0.29) is 0 Å². The van der Waals surface area contributed by atoms with E-state index in [0.29, 0.717) is 5.92 Å². The minimum Gasteiger partial charge on any atom is -0.361 e. The average Bonchev–Trinajstić information content (AvgIpc) is 3.25. The Morgan fingerprint density at radius 1 is 1.04 bits per heavy atom. The number of aliphatic imine (C=N–C) groups is 1. The van der Waals surface area contributed by atoms with Crippen molar-refractivity contribution in [3.63, 3.8) is 0 Å². The van der Waals surface area contributed by atoms with Gasteiger partial charge in [-0.15, -0.1) is 0 Å². The summed E-state index contributed by atoms with van der Waals surface area (Å²) in [6, 6.07) is 15.0. The Morgan fingerprint density at radius 2 is 1.87 bits per heavy atom. The highest BCUT2D eigenvalue weighted by Crippen LogP contribution is 2.40. The predicted molar refractivity (Wildman–Crippen MR) is 97.9 cm³/mol. The molecule has 2 nitrogen and oxygen atoms in total. The lowest BCUT2D eigenvalue weighted by Gasteiger charge is -2.14. The normalized spacial score (nSPS) is 15.9. The molecule has 3 aromatic rings. The molecule has 0 amide bonds. The van der Waals surface area contributed by atoms with Gasteiger partial charge in [0.25, 0.3) is 0 Å². The number of nitrogens with one attached hydrogen (secondary N) is 1. The number of hydrogen-bond acceptors (Lipinski definition) is 1. The molecular weight excluding hydrogens is 280 g/mol. The Kier molecular flexibility index (Phi) is 3.74. The number of aromatic amines is 1. The van der Waals surface area contributed by atoms with Gasteiger partial charge in [0.1, 0.15) is 0 Å². The van der Waals surface area contributed by atoms with E-state index >= 15 is 0 Å². The van der Waals surface area contributed by atoms with Crippen LogP contribution >= 0.6 is 0 Å². The summed E-state index contributed by atoms with van der Waals surface area (Å²) in [5.41, 5.74) is 6.17. The monoisotopic (exact) mass is 302 g/mol. The summed E-state index contributed by atoms with van der Waals surface area (Å²) in [5.74, 6) is 0.684. The molecule has 1 saturated carbocycles. The van der Waals surface area contributed by atoms with Crippen molar-refractivity contribution >= 4 is 22.8 Å². The smallest absolute Gasteiger partial charge is 0.0693 e. The maximum atomic E-state index is 4.91. The van der Waals surface area contributed by atoms with Crippen LogP contribution in [-0.4, -0.2) is 11.2 Å². The van der Waals surface area contributed by atoms with Gasteiger partial charge >= 0.3 is 0 Å². The SMILES string of the molecule is Cc1cccc(C2CCCC2)c1N=Cc1cccc2cc[nH]c12. The van der Waals surface area contributed by atoms with Crippen molar-refractivity contribution in [2.24, 2.45) is 4.99 Å². The van der Waals surface area contributed by atoms with Crippen molar-refractivity contribution < 1.29 is 0 Å². The Labute approximate surface area is 137 Å². The van der Waals surface area contributed by atoms with E-state index in [0.717, 1.165) is 11.1 Å². The highest BCUT2D eigenvalue weighted by molar-refractivity contribution is 5.98. The number of aryl methyl sites for hydroxylation is 1. The van der Waals surface area contributed by atoms with E-state index in [1.807, 2.05) is 12.4 Å². The van der Waals surface area contributed by atoms with Crippen LogP contribution in [0.1, 0.15) is 48.3 Å². The molecule has 1 fully saturated rings. The molecule has 116 valence electrons. The number of aromatic nitrogens is 1. The Bertz CT molecular complexity index is 851. The van der Waals surface area contributed by atoms with Crippen LogP contribution in [-0.2, 0) is 0 Å². The summed E-state index contributed by atoms with van der Waals surface area (Å²) in [6.45, 7) is 2.17. The minimum atomic E-state index is 0.684. The zero-order chi connectivity index (χ0) is 15.6. The van der Waals surface area contributed by atoms with Crippen molar-refractivity contribution in [3.05, 3.63) is 65.4 Å². The molecule has 0 spiro atoms. The van der Waals surface area contributed by atoms with Crippen molar-refractivity contribution in [2.75, 3.05) is 0 Å². The Morgan fingerprint density at radius 3 is 2.74 bits per heavy atom. The summed E-state index contributed by atoms with van der Waals surface area (Å²) in [7, 11) is 0. The predicted octanol–water partition coefficient (Wildman–Crippen LogP) is 5.88. The van der Waals surface area contributed by atoms with Gasteiger partial charge < -0.3 is 4.98 Å². The molecule has 2 heteroatoms. The lowest BCUT2D eigenvalue weighted by atomic mass is 9.94. The van der Waals surface area contributed by atoms with Gasteiger partial charge in [0.05, 0.1) is 11.2 Å². The molecule has 2 aromatic carbocycles. The number of H-pyrrole nitrogens is 1. The zero-order valence-corrected chi connectivity index (χ0v) is 13.5. The molecule has 1 aliphatic rings. The average molecular weight is 302 g/mol. The van der Waals surface area contributed by atoms with E-state index in [4.69, 9.17) is 4.99 Å². The maximum Gasteiger partial charge on any atom is 0.0693 e. The number of rotatable bonds is 3. The summed E-state index contributed by atoms with van der Waals surface area (Å²) in [6.07, 6.45) is 9.31. The maximum absolute atomic E-state index is 4.91. The molecule has 0 unspecified atom stereocenters. The second-order valence-electron chi connectivity index (χ2n) is 6.54. The van der Waals surface area contributed by atoms with Crippen molar-refractivity contribution in [2.45, 2.75) is 38.5 Å². The third-order valence-corrected chi connectivity index (χ3v) is 5.02. The van der Waals surface area contributed by atoms with Crippen LogP contribution < -0.4 is 0 Å². The highest BCUT2D eigenvalue weighted by Gasteiger charge is 2.20. The molecule has 1 N–H and O–H groups in total. The lowest BCUT2D eigenvalue weighted by Crippen LogP contribution is -1.95. The van der Waals surface area contributed by atoms with Gasteiger partial charge in [-0.05, 0) is 42.9 Å². The van der Waals surface area contributed by atoms with Gasteiger partial charge in [-0.25, -0.2) is 0 Å². The number of hydrogen-bond donors (Lipinski definition) is 1. The second kappa shape index (κ2) is 6.04. The van der Waals surface area contributed by atoms with Crippen LogP contribution in [0.3, 0.4) is 0 Å². The first-order valence-corrected chi connectivity index (χ1v) is 8.52. The molecule has 1 aromatic heterocycles. The van der Waals surface area contributed by atoms with Crippen molar-refractivity contribution in [3.8, 4) is 0 Å². The number of benzene rings is 2. The summed E-state index contributed by atoms with van der Waals surface area (Å²) in [4.78, 5) is 8.22. The van der Waals surface area contributed by atoms with Gasteiger partial charge in [0.15, 0.2) is 0 Å². The first-order valence-electron chi connectivity index (χ1n) is 8.52. The van der Waals surface area contributed by atoms with Crippen molar-refractivity contribution in [1.82, 2.24) is 4.98 Å². The van der Waals surface area contributed by atoms with Gasteiger partial charge in [-0.1, -0.05) is 49.2 Å². The second-order valence-corrected chi connectivity index (χ2v) is 6.54. The third-order valence-electron chi connectivity index (χ3n) is 5.02. The van der Waals surface area contributed by atoms with Gasteiger partial charge in [0.2, 0.25) is 0 Å². The summed E-state index contributed by atoms with van der Waals surface area (Å²) >= 11 is 0. The summed E-state index contributed by atoms with van der Waals surface area (Å²) < 4.78 is 0. The molecule has 4 rings (SSSR count). The fourth-order valence-electron chi connectivity index (χ4n) is 3.78. The van der Waals surface area contributed by atoms with Gasteiger partial charge in [-0.2, -0.15) is 0 Å². The van der Waals surface area contributed by atoms with E-state index in [1.54, 1.807) is 0 Å². The molecule has 1 aliphatic carbocycles. The molecule has 0 radical (unpaired) electrons. The lowest BCUT2D eigenvalue weighted by molar-refractivity contribution is 0.723. The van der Waals surface area contributed by atoms with Crippen LogP contribution in [0.25, 0.3) is 10.9 Å². The Hall–Kier alpha value is -2.35. The molecule has 0 saturated heterocycles. The van der Waals surface area contributed by atoms with Crippen LogP contribution in [0.15, 0.2) is 53.7 Å². The van der Waals surface area contributed by atoms with Crippen molar-refractivity contribution in [1.29, 1.82) is 0 Å². The van der Waals surface area contributed by atoms with E-state index < -0.39 is 0 Å². The first-order chi connectivity index (χ1) is 11.3. The van der Waals surface area contributed by atoms with E-state index in [2.05, 4.69) is 54.4 Å². The molecule has 0 aliphatic heterocycles. The fraction of sp³-hybridized carbons (Fsp3) is 0.286. The molecule has 1 heterocycles. The minimum absolute atomic E-state index is 0.684.